The number of phenols is 2. The molecule has 210 valence electrons. The number of nitrogens with zero attached hydrogens (tertiary/aromatic N) is 2. The van der Waals surface area contributed by atoms with Crippen molar-refractivity contribution in [3.05, 3.63) is 83.4 Å². The van der Waals surface area contributed by atoms with Crippen molar-refractivity contribution in [3.63, 3.8) is 0 Å². The molecule has 2 heterocycles. The Morgan fingerprint density at radius 1 is 0.925 bits per heavy atom. The van der Waals surface area contributed by atoms with Gasteiger partial charge in [-0.15, -0.1) is 0 Å². The molecule has 3 atom stereocenters. The van der Waals surface area contributed by atoms with Gasteiger partial charge in [-0.05, 0) is 110 Å². The number of anilines is 1. The molecular formula is C35H42N2O3. The van der Waals surface area contributed by atoms with Crippen molar-refractivity contribution < 1.29 is 14.9 Å². The highest BCUT2D eigenvalue weighted by Crippen LogP contribution is 2.52. The van der Waals surface area contributed by atoms with Crippen molar-refractivity contribution >= 4 is 16.8 Å². The largest absolute Gasteiger partial charge is 0.508 e. The monoisotopic (exact) mass is 538 g/mol. The molecule has 5 nitrogen and oxygen atoms in total. The van der Waals surface area contributed by atoms with Gasteiger partial charge in [-0.1, -0.05) is 44.0 Å². The Balaban J connectivity index is 1.37. The number of ether oxygens (including phenoxy) is 1. The molecule has 5 heteroatoms. The second kappa shape index (κ2) is 11.2. The van der Waals surface area contributed by atoms with E-state index in [0.29, 0.717) is 18.7 Å². The quantitative estimate of drug-likeness (QED) is 0.324. The van der Waals surface area contributed by atoms with Gasteiger partial charge in [-0.25, -0.2) is 0 Å². The molecule has 0 radical (unpaired) electrons. The van der Waals surface area contributed by atoms with Gasteiger partial charge in [0.25, 0.3) is 0 Å². The fourth-order valence-corrected chi connectivity index (χ4v) is 7.08. The number of hydrogen-bond donors (Lipinski definition) is 2. The summed E-state index contributed by atoms with van der Waals surface area (Å²) in [5.74, 6) is 2.20. The third-order valence-electron chi connectivity index (χ3n) is 9.26. The smallest absolute Gasteiger partial charge is 0.119 e. The lowest BCUT2D eigenvalue weighted by Crippen LogP contribution is -2.40. The zero-order valence-corrected chi connectivity index (χ0v) is 24.0. The van der Waals surface area contributed by atoms with Crippen molar-refractivity contribution in [2.45, 2.75) is 71.0 Å². The van der Waals surface area contributed by atoms with E-state index in [2.05, 4.69) is 67.0 Å². The second-order valence-corrected chi connectivity index (χ2v) is 12.2. The lowest BCUT2D eigenvalue weighted by atomic mass is 9.80. The van der Waals surface area contributed by atoms with Gasteiger partial charge in [0, 0.05) is 29.9 Å². The van der Waals surface area contributed by atoms with Gasteiger partial charge in [0.1, 0.15) is 23.9 Å². The number of hydrogen-bond acceptors (Lipinski definition) is 5. The number of fused-ring (bicyclic) bond motifs is 1. The molecule has 40 heavy (non-hydrogen) atoms. The highest BCUT2D eigenvalue weighted by atomic mass is 16.5. The average Bonchev–Trinajstić information content (AvgIpc) is 3.64. The van der Waals surface area contributed by atoms with Crippen molar-refractivity contribution in [1.82, 2.24) is 4.90 Å². The molecule has 3 aromatic rings. The predicted octanol–water partition coefficient (Wildman–Crippen LogP) is 7.64. The number of phenolic OH excluding ortho intramolecular Hbond substituents is 2. The fraction of sp³-hybridized carbons (Fsp3) is 0.429. The first kappa shape index (κ1) is 26.8. The molecule has 2 fully saturated rings. The zero-order valence-electron chi connectivity index (χ0n) is 24.0. The molecule has 1 aliphatic carbocycles. The molecular weight excluding hydrogens is 496 g/mol. The highest BCUT2D eigenvalue weighted by molar-refractivity contribution is 6.00. The van der Waals surface area contributed by atoms with Crippen molar-refractivity contribution in [2.75, 3.05) is 24.6 Å². The van der Waals surface area contributed by atoms with Crippen molar-refractivity contribution in [2.24, 2.45) is 5.92 Å². The van der Waals surface area contributed by atoms with Crippen LogP contribution in [0.2, 0.25) is 0 Å². The van der Waals surface area contributed by atoms with Crippen LogP contribution in [0.5, 0.6) is 17.2 Å². The summed E-state index contributed by atoms with van der Waals surface area (Å²) >= 11 is 0. The van der Waals surface area contributed by atoms with Crippen LogP contribution in [0.4, 0.5) is 5.69 Å². The predicted molar refractivity (Wildman–Crippen MR) is 163 cm³/mol. The number of rotatable bonds is 7. The van der Waals surface area contributed by atoms with E-state index in [0.717, 1.165) is 54.3 Å². The molecule has 0 amide bonds. The normalized spacial score (nSPS) is 22.5. The molecule has 3 aliphatic rings. The van der Waals surface area contributed by atoms with Crippen LogP contribution in [0.15, 0.2) is 66.7 Å². The van der Waals surface area contributed by atoms with Crippen LogP contribution in [0.1, 0.15) is 75.6 Å². The molecule has 6 rings (SSSR count). The van der Waals surface area contributed by atoms with Crippen molar-refractivity contribution in [1.29, 1.82) is 0 Å². The van der Waals surface area contributed by atoms with Gasteiger partial charge in [0.05, 0.1) is 6.04 Å². The Kier molecular flexibility index (Phi) is 7.50. The summed E-state index contributed by atoms with van der Waals surface area (Å²) in [4.78, 5) is 5.12. The van der Waals surface area contributed by atoms with Crippen LogP contribution >= 0.6 is 0 Å². The van der Waals surface area contributed by atoms with E-state index in [9.17, 15) is 10.2 Å². The summed E-state index contributed by atoms with van der Waals surface area (Å²) < 4.78 is 6.27. The molecule has 1 saturated carbocycles. The molecule has 2 N–H and O–H groups in total. The van der Waals surface area contributed by atoms with Gasteiger partial charge in [0.2, 0.25) is 0 Å². The van der Waals surface area contributed by atoms with E-state index in [-0.39, 0.29) is 17.5 Å². The molecule has 0 spiro atoms. The van der Waals surface area contributed by atoms with Crippen LogP contribution in [0, 0.1) is 5.92 Å². The summed E-state index contributed by atoms with van der Waals surface area (Å²) in [5.41, 5.74) is 6.75. The summed E-state index contributed by atoms with van der Waals surface area (Å²) in [6.07, 6.45) is 6.03. The van der Waals surface area contributed by atoms with Gasteiger partial charge < -0.3 is 19.8 Å². The summed E-state index contributed by atoms with van der Waals surface area (Å²) in [6.45, 7) is 9.74. The Hall–Kier alpha value is -3.44. The minimum Gasteiger partial charge on any atom is -0.508 e. The van der Waals surface area contributed by atoms with Gasteiger partial charge in [-0.3, -0.25) is 4.90 Å². The number of benzene rings is 3. The first-order valence-electron chi connectivity index (χ1n) is 15.0. The Morgan fingerprint density at radius 2 is 1.68 bits per heavy atom. The summed E-state index contributed by atoms with van der Waals surface area (Å²) in [7, 11) is 0. The third kappa shape index (κ3) is 5.19. The van der Waals surface area contributed by atoms with E-state index < -0.39 is 0 Å². The average molecular weight is 539 g/mol. The Morgan fingerprint density at radius 3 is 2.38 bits per heavy atom. The minimum atomic E-state index is -0.0130. The van der Waals surface area contributed by atoms with E-state index in [4.69, 9.17) is 4.74 Å². The molecule has 1 unspecified atom stereocenters. The maximum atomic E-state index is 10.4. The lowest BCUT2D eigenvalue weighted by Gasteiger charge is -2.45. The molecule has 1 saturated heterocycles. The maximum absolute atomic E-state index is 10.4. The molecule has 0 bridgehead atoms. The molecule has 2 aliphatic heterocycles. The minimum absolute atomic E-state index is 0.0130. The Labute approximate surface area is 238 Å². The van der Waals surface area contributed by atoms with Crippen LogP contribution in [-0.4, -0.2) is 46.9 Å². The number of allylic oxidation sites excluding steroid dienone is 1. The van der Waals surface area contributed by atoms with E-state index in [1.165, 1.54) is 36.1 Å². The van der Waals surface area contributed by atoms with Crippen LogP contribution < -0.4 is 9.64 Å². The topological polar surface area (TPSA) is 56.2 Å². The highest BCUT2D eigenvalue weighted by Gasteiger charge is 2.38. The van der Waals surface area contributed by atoms with Crippen LogP contribution in [0.25, 0.3) is 11.1 Å². The fourth-order valence-electron chi connectivity index (χ4n) is 7.08. The first-order valence-corrected chi connectivity index (χ1v) is 15.0. The van der Waals surface area contributed by atoms with Crippen molar-refractivity contribution in [3.8, 4) is 17.2 Å². The summed E-state index contributed by atoms with van der Waals surface area (Å²) in [5, 5.41) is 20.9. The SMILES string of the molecule is CC1=C(c2cccc(O)c2)C(c2ccc(OC[C@H](C)N3CC[C@@H](C)C3)cc2)N(C2CCCC2)c2ccc(O)cc21. The zero-order chi connectivity index (χ0) is 27.8. The Bertz CT molecular complexity index is 1380. The van der Waals surface area contributed by atoms with E-state index in [1.807, 2.05) is 24.3 Å². The standard InChI is InChI=1S/C35H42N2O3/c1-23-17-18-36(21-23)24(2)22-40-31-14-11-26(12-15-31)35-34(27-7-6-10-29(38)19-27)25(3)32-20-30(39)13-16-33(32)37(35)28-8-4-5-9-28/h6-7,10-16,19-20,23-24,28,35,38-39H,4-5,8-9,17-18,21-22H2,1-3H3/t23-,24+,35?/m1/s1. The summed E-state index contributed by atoms with van der Waals surface area (Å²) in [6, 6.07) is 22.8. The molecule has 0 aromatic heterocycles. The van der Waals surface area contributed by atoms with Gasteiger partial charge in [0.15, 0.2) is 0 Å². The lowest BCUT2D eigenvalue weighted by molar-refractivity contribution is 0.169. The second-order valence-electron chi connectivity index (χ2n) is 12.2. The number of likely N-dealkylation sites (tertiary alicyclic amines) is 1. The van der Waals surface area contributed by atoms with Crippen LogP contribution in [0.3, 0.4) is 0 Å². The third-order valence-corrected chi connectivity index (χ3v) is 9.26. The van der Waals surface area contributed by atoms with Gasteiger partial charge in [-0.2, -0.15) is 0 Å². The maximum Gasteiger partial charge on any atom is 0.119 e. The van der Waals surface area contributed by atoms with E-state index >= 15 is 0 Å². The van der Waals surface area contributed by atoms with Crippen LogP contribution in [-0.2, 0) is 0 Å². The first-order chi connectivity index (χ1) is 19.4. The number of aromatic hydroxyl groups is 2. The van der Waals surface area contributed by atoms with E-state index in [1.54, 1.807) is 6.07 Å². The van der Waals surface area contributed by atoms with Gasteiger partial charge >= 0.3 is 0 Å². The molecule has 3 aromatic carbocycles.